The quantitative estimate of drug-likeness (QED) is 0.538. The van der Waals surface area contributed by atoms with E-state index in [0.29, 0.717) is 21.9 Å². The molecule has 0 aromatic heterocycles. The fraction of sp³-hybridized carbons (Fsp3) is 0.200. The van der Waals surface area contributed by atoms with Crippen molar-refractivity contribution in [2.75, 3.05) is 21.3 Å². The van der Waals surface area contributed by atoms with Gasteiger partial charge in [0.25, 0.3) is 0 Å². The highest BCUT2D eigenvalue weighted by molar-refractivity contribution is 6.13. The smallest absolute Gasteiger partial charge is 0.341 e. The van der Waals surface area contributed by atoms with Crippen molar-refractivity contribution in [3.63, 3.8) is 0 Å². The molecule has 0 saturated carbocycles. The van der Waals surface area contributed by atoms with E-state index in [0.717, 1.165) is 7.11 Å². The first-order valence-electron chi connectivity index (χ1n) is 8.05. The average Bonchev–Trinajstić information content (AvgIpc) is 2.66. The molecular formula is C20H18O7. The molecule has 3 aromatic rings. The summed E-state index contributed by atoms with van der Waals surface area (Å²) in [4.78, 5) is 24.0. The van der Waals surface area contributed by atoms with Gasteiger partial charge in [-0.15, -0.1) is 0 Å². The van der Waals surface area contributed by atoms with Gasteiger partial charge in [0.1, 0.15) is 22.8 Å². The van der Waals surface area contributed by atoms with E-state index in [2.05, 4.69) is 4.74 Å². The molecule has 7 heteroatoms. The second-order valence-corrected chi connectivity index (χ2v) is 5.89. The minimum Gasteiger partial charge on any atom is -0.506 e. The maximum Gasteiger partial charge on any atom is 0.341 e. The van der Waals surface area contributed by atoms with Gasteiger partial charge in [0, 0.05) is 0 Å². The molecule has 0 atom stereocenters. The first-order valence-corrected chi connectivity index (χ1v) is 8.05. The van der Waals surface area contributed by atoms with Crippen molar-refractivity contribution in [2.45, 2.75) is 6.42 Å². The van der Waals surface area contributed by atoms with Gasteiger partial charge in [-0.05, 0) is 34.5 Å². The fourth-order valence-electron chi connectivity index (χ4n) is 3.19. The number of carbonyl (C=O) groups excluding carboxylic acids is 2. The Morgan fingerprint density at radius 2 is 1.67 bits per heavy atom. The highest BCUT2D eigenvalue weighted by atomic mass is 16.5. The normalized spacial score (nSPS) is 10.8. The van der Waals surface area contributed by atoms with Crippen LogP contribution in [0.3, 0.4) is 0 Å². The molecule has 0 unspecified atom stereocenters. The van der Waals surface area contributed by atoms with Crippen molar-refractivity contribution in [3.05, 3.63) is 41.5 Å². The maximum absolute atomic E-state index is 12.2. The molecule has 2 N–H and O–H groups in total. The van der Waals surface area contributed by atoms with Crippen molar-refractivity contribution >= 4 is 33.5 Å². The molecule has 140 valence electrons. The molecule has 3 rings (SSSR count). The molecule has 0 aliphatic carbocycles. The van der Waals surface area contributed by atoms with Crippen LogP contribution in [0, 0.1) is 0 Å². The van der Waals surface area contributed by atoms with E-state index in [1.165, 1.54) is 14.2 Å². The highest BCUT2D eigenvalue weighted by Gasteiger charge is 2.25. The van der Waals surface area contributed by atoms with Crippen LogP contribution in [0.1, 0.15) is 15.9 Å². The van der Waals surface area contributed by atoms with E-state index in [9.17, 15) is 19.8 Å². The van der Waals surface area contributed by atoms with E-state index in [1.54, 1.807) is 30.3 Å². The number of aromatic hydroxyl groups is 2. The van der Waals surface area contributed by atoms with E-state index >= 15 is 0 Å². The van der Waals surface area contributed by atoms with Crippen molar-refractivity contribution < 1.29 is 34.0 Å². The Labute approximate surface area is 154 Å². The largest absolute Gasteiger partial charge is 0.506 e. The predicted octanol–water partition coefficient (Wildman–Crippen LogP) is 2.91. The molecular weight excluding hydrogens is 352 g/mol. The Morgan fingerprint density at radius 3 is 2.30 bits per heavy atom. The van der Waals surface area contributed by atoms with Gasteiger partial charge in [-0.2, -0.15) is 0 Å². The van der Waals surface area contributed by atoms with Gasteiger partial charge < -0.3 is 24.4 Å². The zero-order valence-electron chi connectivity index (χ0n) is 15.0. The van der Waals surface area contributed by atoms with Gasteiger partial charge in [-0.1, -0.05) is 12.1 Å². The lowest BCUT2D eigenvalue weighted by atomic mass is 9.94. The van der Waals surface area contributed by atoms with Crippen molar-refractivity contribution in [1.29, 1.82) is 0 Å². The lowest BCUT2D eigenvalue weighted by Crippen LogP contribution is -2.12. The molecule has 3 aromatic carbocycles. The van der Waals surface area contributed by atoms with Crippen molar-refractivity contribution in [2.24, 2.45) is 0 Å². The molecule has 0 radical (unpaired) electrons. The molecule has 0 bridgehead atoms. The van der Waals surface area contributed by atoms with Gasteiger partial charge in [0.2, 0.25) is 0 Å². The number of rotatable bonds is 4. The van der Waals surface area contributed by atoms with Crippen LogP contribution in [0.25, 0.3) is 21.5 Å². The van der Waals surface area contributed by atoms with Crippen LogP contribution in [0.4, 0.5) is 0 Å². The average molecular weight is 370 g/mol. The number of esters is 2. The standard InChI is InChI=1S/C20H18O7/c1-25-13-6-4-5-10-7-11-8-12(9-14(21)26-2)17(20(24)27-3)19(23)16(11)18(22)15(10)13/h4-8,22-23H,9H2,1-3H3. The van der Waals surface area contributed by atoms with Crippen LogP contribution < -0.4 is 4.74 Å². The molecule has 0 fully saturated rings. The van der Waals surface area contributed by atoms with Crippen LogP contribution in [0.2, 0.25) is 0 Å². The third kappa shape index (κ3) is 2.97. The minimum atomic E-state index is -0.826. The summed E-state index contributed by atoms with van der Waals surface area (Å²) in [5.74, 6) is -1.68. The summed E-state index contributed by atoms with van der Waals surface area (Å²) in [6.07, 6.45) is -0.235. The highest BCUT2D eigenvalue weighted by Crippen LogP contribution is 2.45. The van der Waals surface area contributed by atoms with Crippen LogP contribution in [-0.4, -0.2) is 43.5 Å². The Bertz CT molecular complexity index is 1070. The van der Waals surface area contributed by atoms with Crippen LogP contribution >= 0.6 is 0 Å². The number of hydrogen-bond donors (Lipinski definition) is 2. The first-order chi connectivity index (χ1) is 12.9. The van der Waals surface area contributed by atoms with E-state index < -0.39 is 17.7 Å². The summed E-state index contributed by atoms with van der Waals surface area (Å²) in [7, 11) is 3.86. The molecule has 0 spiro atoms. The van der Waals surface area contributed by atoms with Gasteiger partial charge in [-0.3, -0.25) is 4.79 Å². The van der Waals surface area contributed by atoms with Gasteiger partial charge >= 0.3 is 11.9 Å². The van der Waals surface area contributed by atoms with Crippen molar-refractivity contribution in [1.82, 2.24) is 0 Å². The summed E-state index contributed by atoms with van der Waals surface area (Å²) >= 11 is 0. The van der Waals surface area contributed by atoms with E-state index in [-0.39, 0.29) is 28.7 Å². The molecule has 0 saturated heterocycles. The van der Waals surface area contributed by atoms with Gasteiger partial charge in [0.15, 0.2) is 0 Å². The maximum atomic E-state index is 12.2. The number of hydrogen-bond acceptors (Lipinski definition) is 7. The Kier molecular flexibility index (Phi) is 4.77. The number of carbonyl (C=O) groups is 2. The molecule has 27 heavy (non-hydrogen) atoms. The number of ether oxygens (including phenoxy) is 3. The zero-order valence-corrected chi connectivity index (χ0v) is 15.0. The number of phenolic OH excluding ortho intramolecular Hbond substituents is 2. The Balaban J connectivity index is 2.44. The lowest BCUT2D eigenvalue weighted by molar-refractivity contribution is -0.139. The number of phenols is 2. The lowest BCUT2D eigenvalue weighted by Gasteiger charge is -2.15. The van der Waals surface area contributed by atoms with E-state index in [1.807, 2.05) is 0 Å². The molecule has 0 heterocycles. The zero-order chi connectivity index (χ0) is 19.7. The Morgan fingerprint density at radius 1 is 0.926 bits per heavy atom. The topological polar surface area (TPSA) is 102 Å². The summed E-state index contributed by atoms with van der Waals surface area (Å²) in [6.45, 7) is 0. The second-order valence-electron chi connectivity index (χ2n) is 5.89. The van der Waals surface area contributed by atoms with Gasteiger partial charge in [0.05, 0.1) is 38.5 Å². The number of fused-ring (bicyclic) bond motifs is 2. The van der Waals surface area contributed by atoms with Gasteiger partial charge in [-0.25, -0.2) is 4.79 Å². The Hall–Kier alpha value is -3.48. The molecule has 0 aliphatic heterocycles. The minimum absolute atomic E-state index is 0.0704. The fourth-order valence-corrected chi connectivity index (χ4v) is 3.19. The summed E-state index contributed by atoms with van der Waals surface area (Å²) in [5, 5.41) is 23.2. The van der Waals surface area contributed by atoms with Crippen LogP contribution in [0.15, 0.2) is 30.3 Å². The molecule has 7 nitrogen and oxygen atoms in total. The SMILES string of the molecule is COC(=O)Cc1cc2cc3cccc(OC)c3c(O)c2c(O)c1C(=O)OC. The summed E-state index contributed by atoms with van der Waals surface area (Å²) in [5.41, 5.74) is 0.0419. The molecule has 0 aliphatic rings. The van der Waals surface area contributed by atoms with Crippen molar-refractivity contribution in [3.8, 4) is 17.2 Å². The number of methoxy groups -OCH3 is 3. The third-order valence-corrected chi connectivity index (χ3v) is 4.43. The predicted molar refractivity (Wildman–Crippen MR) is 98.4 cm³/mol. The summed E-state index contributed by atoms with van der Waals surface area (Å²) < 4.78 is 14.7. The van der Waals surface area contributed by atoms with Crippen LogP contribution in [0.5, 0.6) is 17.2 Å². The second kappa shape index (κ2) is 7.03. The van der Waals surface area contributed by atoms with E-state index in [4.69, 9.17) is 9.47 Å². The number of benzene rings is 3. The monoisotopic (exact) mass is 370 g/mol. The molecule has 0 amide bonds. The van der Waals surface area contributed by atoms with Crippen LogP contribution in [-0.2, 0) is 20.7 Å². The third-order valence-electron chi connectivity index (χ3n) is 4.43. The summed E-state index contributed by atoms with van der Waals surface area (Å²) in [6, 6.07) is 8.51. The first kappa shape index (κ1) is 18.3.